The van der Waals surface area contributed by atoms with Gasteiger partial charge in [0.1, 0.15) is 18.5 Å². The van der Waals surface area contributed by atoms with E-state index in [9.17, 15) is 18.8 Å². The molecule has 2 saturated heterocycles. The number of halogens is 2. The van der Waals surface area contributed by atoms with Gasteiger partial charge in [-0.3, -0.25) is 29.5 Å². The highest BCUT2D eigenvalue weighted by Crippen LogP contribution is 2.33. The fourth-order valence-corrected chi connectivity index (χ4v) is 6.38. The Hall–Kier alpha value is -3.95. The topological polar surface area (TPSA) is 73.0 Å². The molecule has 2 unspecified atom stereocenters. The van der Waals surface area contributed by atoms with E-state index in [0.717, 1.165) is 11.1 Å². The number of piperidine rings is 1. The molecule has 2 atom stereocenters. The van der Waals surface area contributed by atoms with Crippen molar-refractivity contribution in [3.8, 4) is 0 Å². The minimum atomic E-state index is -0.804. The summed E-state index contributed by atoms with van der Waals surface area (Å²) in [6, 6.07) is 22.3. The second-order valence-corrected chi connectivity index (χ2v) is 11.0. The number of amides is 3. The zero-order valence-corrected chi connectivity index (χ0v) is 22.6. The fraction of sp³-hybridized carbons (Fsp3) is 0.344. The molecule has 3 aromatic rings. The average molecular weight is 559 g/mol. The van der Waals surface area contributed by atoms with Crippen LogP contribution in [0.2, 0.25) is 0 Å². The van der Waals surface area contributed by atoms with Gasteiger partial charge in [-0.1, -0.05) is 66.7 Å². The standard InChI is InChI=1S/C32H32F2N4O3/c33-17-24-19-37(30(21-7-3-1-4-8-21)22-9-5-2-6-10-22)16-15-36(24)18-23-11-12-25-26(29(23)34)20-38(32(25)41)27-13-14-28(39)35-31(27)40/h1-12,24,27,30H,13-20H2,(H,35,39,40). The highest BCUT2D eigenvalue weighted by molar-refractivity contribution is 6.05. The van der Waals surface area contributed by atoms with E-state index in [-0.39, 0.29) is 49.0 Å². The van der Waals surface area contributed by atoms with Crippen molar-refractivity contribution in [2.24, 2.45) is 0 Å². The first kappa shape index (κ1) is 27.2. The molecule has 3 amide bonds. The number of carbonyl (C=O) groups is 3. The van der Waals surface area contributed by atoms with Crippen molar-refractivity contribution in [2.45, 2.75) is 44.1 Å². The Balaban J connectivity index is 1.19. The van der Waals surface area contributed by atoms with Gasteiger partial charge in [0.05, 0.1) is 18.6 Å². The summed E-state index contributed by atoms with van der Waals surface area (Å²) in [4.78, 5) is 42.6. The molecule has 7 nitrogen and oxygen atoms in total. The first-order valence-corrected chi connectivity index (χ1v) is 14.0. The third-order valence-electron chi connectivity index (χ3n) is 8.51. The maximum absolute atomic E-state index is 15.8. The highest BCUT2D eigenvalue weighted by atomic mass is 19.1. The van der Waals surface area contributed by atoms with Crippen LogP contribution in [0.25, 0.3) is 0 Å². The second-order valence-electron chi connectivity index (χ2n) is 11.0. The van der Waals surface area contributed by atoms with Crippen molar-refractivity contribution in [3.05, 3.63) is 106 Å². The van der Waals surface area contributed by atoms with E-state index in [0.29, 0.717) is 25.2 Å². The van der Waals surface area contributed by atoms with Gasteiger partial charge >= 0.3 is 0 Å². The summed E-state index contributed by atoms with van der Waals surface area (Å²) in [5.74, 6) is -1.80. The van der Waals surface area contributed by atoms with Crippen LogP contribution < -0.4 is 5.32 Å². The largest absolute Gasteiger partial charge is 0.322 e. The molecule has 0 aliphatic carbocycles. The molecule has 212 valence electrons. The predicted molar refractivity (Wildman–Crippen MR) is 149 cm³/mol. The van der Waals surface area contributed by atoms with Gasteiger partial charge < -0.3 is 4.90 Å². The van der Waals surface area contributed by atoms with E-state index >= 15 is 4.39 Å². The monoisotopic (exact) mass is 558 g/mol. The number of alkyl halides is 1. The van der Waals surface area contributed by atoms with Crippen molar-refractivity contribution >= 4 is 17.7 Å². The van der Waals surface area contributed by atoms with Crippen molar-refractivity contribution in [1.29, 1.82) is 0 Å². The number of hydrogen-bond donors (Lipinski definition) is 1. The lowest BCUT2D eigenvalue weighted by Gasteiger charge is -2.44. The molecular weight excluding hydrogens is 526 g/mol. The van der Waals surface area contributed by atoms with Gasteiger partial charge in [0, 0.05) is 49.3 Å². The molecule has 41 heavy (non-hydrogen) atoms. The number of fused-ring (bicyclic) bond motifs is 1. The third-order valence-corrected chi connectivity index (χ3v) is 8.51. The Morgan fingerprint density at radius 1 is 0.902 bits per heavy atom. The Morgan fingerprint density at radius 2 is 1.59 bits per heavy atom. The summed E-state index contributed by atoms with van der Waals surface area (Å²) >= 11 is 0. The second kappa shape index (κ2) is 11.5. The molecule has 0 radical (unpaired) electrons. The molecule has 0 saturated carbocycles. The minimum Gasteiger partial charge on any atom is -0.322 e. The lowest BCUT2D eigenvalue weighted by molar-refractivity contribution is -0.136. The van der Waals surface area contributed by atoms with Crippen molar-refractivity contribution in [3.63, 3.8) is 0 Å². The summed E-state index contributed by atoms with van der Waals surface area (Å²) in [7, 11) is 0. The number of benzene rings is 3. The van der Waals surface area contributed by atoms with Gasteiger partial charge in [0.15, 0.2) is 0 Å². The van der Waals surface area contributed by atoms with Crippen LogP contribution in [0.1, 0.15) is 51.5 Å². The van der Waals surface area contributed by atoms with Crippen LogP contribution in [0.15, 0.2) is 72.8 Å². The summed E-state index contributed by atoms with van der Waals surface area (Å²) < 4.78 is 30.3. The van der Waals surface area contributed by atoms with Crippen LogP contribution in [-0.4, -0.2) is 70.8 Å². The number of imide groups is 1. The molecule has 3 aromatic carbocycles. The van der Waals surface area contributed by atoms with Crippen LogP contribution >= 0.6 is 0 Å². The number of carbonyl (C=O) groups excluding carboxylic acids is 3. The third kappa shape index (κ3) is 5.27. The normalized spacial score (nSPS) is 21.8. The van der Waals surface area contributed by atoms with Crippen LogP contribution in [0, 0.1) is 5.82 Å². The Labute approximate surface area is 237 Å². The van der Waals surface area contributed by atoms with Crippen LogP contribution in [0.3, 0.4) is 0 Å². The van der Waals surface area contributed by atoms with Gasteiger partial charge in [-0.05, 0) is 23.6 Å². The van der Waals surface area contributed by atoms with Gasteiger partial charge in [0.25, 0.3) is 5.91 Å². The van der Waals surface area contributed by atoms with E-state index in [1.54, 1.807) is 12.1 Å². The Bertz CT molecular complexity index is 1410. The number of rotatable bonds is 7. The van der Waals surface area contributed by atoms with Crippen LogP contribution in [-0.2, 0) is 22.7 Å². The summed E-state index contributed by atoms with van der Waals surface area (Å²) in [6.45, 7) is 1.34. The molecule has 0 spiro atoms. The predicted octanol–water partition coefficient (Wildman–Crippen LogP) is 3.83. The minimum absolute atomic E-state index is 0.0189. The van der Waals surface area contributed by atoms with E-state index in [1.807, 2.05) is 41.3 Å². The van der Waals surface area contributed by atoms with Crippen molar-refractivity contribution in [2.75, 3.05) is 26.3 Å². The maximum Gasteiger partial charge on any atom is 0.255 e. The molecule has 2 fully saturated rings. The lowest BCUT2D eigenvalue weighted by Crippen LogP contribution is -2.54. The molecule has 3 aliphatic heterocycles. The molecule has 6 rings (SSSR count). The smallest absolute Gasteiger partial charge is 0.255 e. The molecule has 0 bridgehead atoms. The number of nitrogens with one attached hydrogen (secondary N) is 1. The van der Waals surface area contributed by atoms with E-state index in [4.69, 9.17) is 0 Å². The SMILES string of the molecule is O=C1CCC(N2Cc3c(ccc(CN4CCN(C(c5ccccc5)c5ccccc5)CC4CF)c3F)C2=O)C(=O)N1. The highest BCUT2D eigenvalue weighted by Gasteiger charge is 2.41. The van der Waals surface area contributed by atoms with Crippen molar-refractivity contribution < 1.29 is 23.2 Å². The fourth-order valence-electron chi connectivity index (χ4n) is 6.38. The van der Waals surface area contributed by atoms with Gasteiger partial charge in [-0.15, -0.1) is 0 Å². The van der Waals surface area contributed by atoms with Gasteiger partial charge in [-0.25, -0.2) is 8.78 Å². The maximum atomic E-state index is 15.8. The number of piperazine rings is 1. The average Bonchev–Trinajstić information content (AvgIpc) is 3.33. The van der Waals surface area contributed by atoms with E-state index in [1.165, 1.54) is 4.90 Å². The van der Waals surface area contributed by atoms with E-state index < -0.39 is 36.4 Å². The molecule has 3 aliphatic rings. The quantitative estimate of drug-likeness (QED) is 0.447. The summed E-state index contributed by atoms with van der Waals surface area (Å²) in [5.41, 5.74) is 3.16. The Kier molecular flexibility index (Phi) is 7.64. The zero-order chi connectivity index (χ0) is 28.5. The zero-order valence-electron chi connectivity index (χ0n) is 22.6. The van der Waals surface area contributed by atoms with Gasteiger partial charge in [-0.2, -0.15) is 0 Å². The number of hydrogen-bond acceptors (Lipinski definition) is 5. The summed E-state index contributed by atoms with van der Waals surface area (Å²) in [6.07, 6.45) is 0.352. The molecular formula is C32H32F2N4O3. The number of nitrogens with zero attached hydrogens (tertiary/aromatic N) is 3. The van der Waals surface area contributed by atoms with Crippen LogP contribution in [0.5, 0.6) is 0 Å². The summed E-state index contributed by atoms with van der Waals surface area (Å²) in [5, 5.41) is 2.27. The molecule has 9 heteroatoms. The van der Waals surface area contributed by atoms with E-state index in [2.05, 4.69) is 34.5 Å². The lowest BCUT2D eigenvalue weighted by atomic mass is 9.95. The molecule has 0 aromatic heterocycles. The first-order valence-electron chi connectivity index (χ1n) is 14.0. The van der Waals surface area contributed by atoms with Gasteiger partial charge in [0.2, 0.25) is 11.8 Å². The molecule has 3 heterocycles. The Morgan fingerprint density at radius 3 is 2.22 bits per heavy atom. The van der Waals surface area contributed by atoms with Crippen molar-refractivity contribution in [1.82, 2.24) is 20.0 Å². The first-order chi connectivity index (χ1) is 19.9. The molecule has 1 N–H and O–H groups in total. The van der Waals surface area contributed by atoms with Crippen LogP contribution in [0.4, 0.5) is 8.78 Å².